The largest absolute Gasteiger partial charge is 0.549 e. The van der Waals surface area contributed by atoms with Crippen molar-refractivity contribution in [2.45, 2.75) is 59.7 Å². The predicted molar refractivity (Wildman–Crippen MR) is 89.1 cm³/mol. The molecule has 0 amide bonds. The number of ether oxygens (including phenoxy) is 2. The normalized spacial score (nSPS) is 15.0. The highest BCUT2D eigenvalue weighted by Gasteiger charge is 2.46. The van der Waals surface area contributed by atoms with E-state index in [0.717, 1.165) is 0 Å². The van der Waals surface area contributed by atoms with Gasteiger partial charge in [0.15, 0.2) is 0 Å². The number of quaternary nitrogens is 1. The maximum Gasteiger partial charge on any atom is 0.333 e. The highest BCUT2D eigenvalue weighted by atomic mass is 16.6. The SMILES string of the molecule is C=C(C)C(=O)OC(C)C(CCC)(C(=O)[O-])C(C)OC(=O)C(=C)C.[NH4+]. The Morgan fingerprint density at radius 2 is 1.33 bits per heavy atom. The zero-order chi connectivity index (χ0) is 18.4. The van der Waals surface area contributed by atoms with Gasteiger partial charge in [-0.2, -0.15) is 0 Å². The van der Waals surface area contributed by atoms with Gasteiger partial charge >= 0.3 is 11.9 Å². The molecule has 0 aromatic heterocycles. The molecule has 0 spiro atoms. The molecule has 0 aliphatic rings. The molecule has 138 valence electrons. The van der Waals surface area contributed by atoms with E-state index in [4.69, 9.17) is 9.47 Å². The van der Waals surface area contributed by atoms with Crippen molar-refractivity contribution in [1.29, 1.82) is 0 Å². The van der Waals surface area contributed by atoms with Gasteiger partial charge in [0, 0.05) is 11.1 Å². The standard InChI is InChI=1S/C17H26O6.H3N/c1-8-9-17(16(20)21,12(6)22-14(18)10(2)3)13(7)23-15(19)11(4)5;/h12-13H,2,4,8-9H2,1,3,5-7H3,(H,20,21);1H3. The minimum Gasteiger partial charge on any atom is -0.549 e. The van der Waals surface area contributed by atoms with Crippen LogP contribution in [0.2, 0.25) is 0 Å². The second-order valence-corrected chi connectivity index (χ2v) is 5.73. The van der Waals surface area contributed by atoms with Gasteiger partial charge in [0.05, 0.1) is 11.4 Å². The summed E-state index contributed by atoms with van der Waals surface area (Å²) in [5, 5.41) is 11.9. The van der Waals surface area contributed by atoms with Gasteiger partial charge in [-0.05, 0) is 34.1 Å². The molecule has 0 saturated heterocycles. The molecule has 7 nitrogen and oxygen atoms in total. The van der Waals surface area contributed by atoms with E-state index in [-0.39, 0.29) is 23.7 Å². The summed E-state index contributed by atoms with van der Waals surface area (Å²) in [5.41, 5.74) is -1.37. The predicted octanol–water partition coefficient (Wildman–Crippen LogP) is 1.91. The molecule has 0 saturated carbocycles. The second kappa shape index (κ2) is 9.87. The number of rotatable bonds is 9. The van der Waals surface area contributed by atoms with Crippen molar-refractivity contribution in [2.24, 2.45) is 5.41 Å². The number of carboxylic acids is 1. The quantitative estimate of drug-likeness (QED) is 0.503. The molecule has 24 heavy (non-hydrogen) atoms. The molecule has 7 heteroatoms. The van der Waals surface area contributed by atoms with Gasteiger partial charge < -0.3 is 25.5 Å². The van der Waals surface area contributed by atoms with Crippen LogP contribution in [0.5, 0.6) is 0 Å². The lowest BCUT2D eigenvalue weighted by Crippen LogP contribution is -2.57. The van der Waals surface area contributed by atoms with Crippen molar-refractivity contribution in [3.05, 3.63) is 24.3 Å². The van der Waals surface area contributed by atoms with Crippen molar-refractivity contribution in [3.8, 4) is 0 Å². The van der Waals surface area contributed by atoms with Crippen LogP contribution in [0.15, 0.2) is 24.3 Å². The Morgan fingerprint density at radius 1 is 1.00 bits per heavy atom. The summed E-state index contributed by atoms with van der Waals surface area (Å²) in [4.78, 5) is 35.3. The van der Waals surface area contributed by atoms with Gasteiger partial charge in [0.1, 0.15) is 12.2 Å². The van der Waals surface area contributed by atoms with Crippen LogP contribution in [0, 0.1) is 5.41 Å². The Balaban J connectivity index is 0. The number of carbonyl (C=O) groups is 3. The van der Waals surface area contributed by atoms with Gasteiger partial charge in [-0.3, -0.25) is 0 Å². The van der Waals surface area contributed by atoms with Gasteiger partial charge in [0.2, 0.25) is 0 Å². The van der Waals surface area contributed by atoms with E-state index in [1.54, 1.807) is 6.92 Å². The number of hydrogen-bond donors (Lipinski definition) is 1. The fourth-order valence-corrected chi connectivity index (χ4v) is 2.32. The van der Waals surface area contributed by atoms with Crippen molar-refractivity contribution in [2.75, 3.05) is 0 Å². The molecule has 0 radical (unpaired) electrons. The van der Waals surface area contributed by atoms with Crippen LogP contribution in [0.25, 0.3) is 0 Å². The third kappa shape index (κ3) is 5.49. The first kappa shape index (κ1) is 24.1. The number of hydrogen-bond acceptors (Lipinski definition) is 6. The van der Waals surface area contributed by atoms with E-state index >= 15 is 0 Å². The molecule has 0 aliphatic carbocycles. The maximum atomic E-state index is 11.9. The van der Waals surface area contributed by atoms with Crippen molar-refractivity contribution in [3.63, 3.8) is 0 Å². The zero-order valence-electron chi connectivity index (χ0n) is 15.4. The van der Waals surface area contributed by atoms with Crippen LogP contribution < -0.4 is 11.3 Å². The van der Waals surface area contributed by atoms with Crippen LogP contribution in [-0.2, 0) is 23.9 Å². The number of esters is 2. The highest BCUT2D eigenvalue weighted by molar-refractivity contribution is 5.88. The molecule has 0 fully saturated rings. The summed E-state index contributed by atoms with van der Waals surface area (Å²) in [5.74, 6) is -2.86. The van der Waals surface area contributed by atoms with Crippen LogP contribution in [0.4, 0.5) is 0 Å². The molecule has 4 N–H and O–H groups in total. The lowest BCUT2D eigenvalue weighted by Gasteiger charge is -2.43. The average Bonchev–Trinajstić information content (AvgIpc) is 2.43. The Labute approximate surface area is 143 Å². The smallest absolute Gasteiger partial charge is 0.333 e. The van der Waals surface area contributed by atoms with Crippen molar-refractivity contribution < 1.29 is 29.0 Å². The third-order valence-corrected chi connectivity index (χ3v) is 3.76. The maximum absolute atomic E-state index is 11.9. The molecule has 0 bridgehead atoms. The lowest BCUT2D eigenvalue weighted by molar-refractivity contribution is -0.329. The van der Waals surface area contributed by atoms with Crippen LogP contribution in [0.3, 0.4) is 0 Å². The van der Waals surface area contributed by atoms with E-state index < -0.39 is 35.5 Å². The van der Waals surface area contributed by atoms with E-state index in [0.29, 0.717) is 6.42 Å². The fraction of sp³-hybridized carbons (Fsp3) is 0.588. The molecule has 0 aliphatic heterocycles. The van der Waals surface area contributed by atoms with Gasteiger partial charge in [0.25, 0.3) is 0 Å². The van der Waals surface area contributed by atoms with Crippen molar-refractivity contribution >= 4 is 17.9 Å². The van der Waals surface area contributed by atoms with E-state index in [2.05, 4.69) is 13.2 Å². The first-order valence-electron chi connectivity index (χ1n) is 7.45. The average molecular weight is 343 g/mol. The number of carboxylic acid groups (broad SMARTS) is 1. The molecule has 0 aromatic carbocycles. The molecule has 0 heterocycles. The zero-order valence-corrected chi connectivity index (χ0v) is 15.4. The molecular weight excluding hydrogens is 314 g/mol. The Morgan fingerprint density at radius 3 is 1.54 bits per heavy atom. The number of aliphatic carboxylic acids is 1. The number of carbonyl (C=O) groups excluding carboxylic acids is 3. The monoisotopic (exact) mass is 343 g/mol. The second-order valence-electron chi connectivity index (χ2n) is 5.73. The molecular formula is C17H29NO6. The molecule has 2 atom stereocenters. The van der Waals surface area contributed by atoms with Crippen LogP contribution >= 0.6 is 0 Å². The first-order valence-corrected chi connectivity index (χ1v) is 7.45. The van der Waals surface area contributed by atoms with E-state index in [1.807, 2.05) is 0 Å². The summed E-state index contributed by atoms with van der Waals surface area (Å²) in [6.45, 7) is 14.5. The lowest BCUT2D eigenvalue weighted by atomic mass is 9.74. The van der Waals surface area contributed by atoms with Gasteiger partial charge in [-0.15, -0.1) is 0 Å². The summed E-state index contributed by atoms with van der Waals surface area (Å²) >= 11 is 0. The van der Waals surface area contributed by atoms with E-state index in [9.17, 15) is 19.5 Å². The summed E-state index contributed by atoms with van der Waals surface area (Å²) in [6, 6.07) is 0. The summed E-state index contributed by atoms with van der Waals surface area (Å²) in [7, 11) is 0. The minimum atomic E-state index is -1.66. The van der Waals surface area contributed by atoms with Crippen LogP contribution in [0.1, 0.15) is 47.5 Å². The molecule has 0 aromatic rings. The van der Waals surface area contributed by atoms with E-state index in [1.165, 1.54) is 27.7 Å². The fourth-order valence-electron chi connectivity index (χ4n) is 2.32. The summed E-state index contributed by atoms with van der Waals surface area (Å²) < 4.78 is 10.4. The Kier molecular flexibility index (Phi) is 9.91. The molecule has 0 rings (SSSR count). The topological polar surface area (TPSA) is 129 Å². The summed E-state index contributed by atoms with van der Waals surface area (Å²) in [6.07, 6.45) is -1.54. The van der Waals surface area contributed by atoms with Crippen molar-refractivity contribution in [1.82, 2.24) is 6.15 Å². The Bertz CT molecular complexity index is 477. The van der Waals surface area contributed by atoms with Gasteiger partial charge in [-0.1, -0.05) is 26.5 Å². The van der Waals surface area contributed by atoms with Gasteiger partial charge in [-0.25, -0.2) is 9.59 Å². The van der Waals surface area contributed by atoms with Crippen LogP contribution in [-0.4, -0.2) is 30.1 Å². The Hall–Kier alpha value is -2.15. The third-order valence-electron chi connectivity index (χ3n) is 3.76. The highest BCUT2D eigenvalue weighted by Crippen LogP contribution is 2.36. The molecule has 2 unspecified atom stereocenters. The first-order chi connectivity index (χ1) is 10.5. The minimum absolute atomic E-state index is 0.